The van der Waals surface area contributed by atoms with Crippen LogP contribution < -0.4 is 4.90 Å². The van der Waals surface area contributed by atoms with Gasteiger partial charge < -0.3 is 15.1 Å². The van der Waals surface area contributed by atoms with Crippen molar-refractivity contribution in [3.63, 3.8) is 0 Å². The van der Waals surface area contributed by atoms with E-state index in [4.69, 9.17) is 10.2 Å². The largest absolute Gasteiger partial charge is 0.395 e. The molecule has 0 aliphatic carbocycles. The van der Waals surface area contributed by atoms with Gasteiger partial charge in [0, 0.05) is 18.8 Å². The van der Waals surface area contributed by atoms with Gasteiger partial charge in [0.15, 0.2) is 0 Å². The summed E-state index contributed by atoms with van der Waals surface area (Å²) in [7, 11) is 0. The second-order valence-corrected chi connectivity index (χ2v) is 4.16. The number of aliphatic hydroxyl groups is 2. The highest BCUT2D eigenvalue weighted by Gasteiger charge is 2.09. The molecule has 0 radical (unpaired) electrons. The van der Waals surface area contributed by atoms with Crippen LogP contribution in [0.5, 0.6) is 0 Å². The Balaban J connectivity index is 3.03. The monoisotopic (exact) mass is 223 g/mol. The molecule has 3 nitrogen and oxygen atoms in total. The van der Waals surface area contributed by atoms with Gasteiger partial charge in [-0.3, -0.25) is 0 Å². The highest BCUT2D eigenvalue weighted by Crippen LogP contribution is 2.23. The Kier molecular flexibility index (Phi) is 4.77. The highest BCUT2D eigenvalue weighted by molar-refractivity contribution is 5.56. The SMILES string of the molecule is Cc1cc(C)c(N(CCO)CCO)cc1C. The van der Waals surface area contributed by atoms with Crippen molar-refractivity contribution in [1.82, 2.24) is 0 Å². The average molecular weight is 223 g/mol. The van der Waals surface area contributed by atoms with Gasteiger partial charge in [0.05, 0.1) is 13.2 Å². The summed E-state index contributed by atoms with van der Waals surface area (Å²) in [4.78, 5) is 2.02. The standard InChI is InChI=1S/C13H21NO2/c1-10-8-12(3)13(9-11(10)2)14(4-6-15)5-7-16/h8-9,15-16H,4-7H2,1-3H3. The smallest absolute Gasteiger partial charge is 0.0606 e. The molecule has 0 saturated carbocycles. The minimum absolute atomic E-state index is 0.104. The number of anilines is 1. The number of nitrogens with zero attached hydrogens (tertiary/aromatic N) is 1. The molecule has 0 bridgehead atoms. The van der Waals surface area contributed by atoms with E-state index in [1.54, 1.807) is 0 Å². The Bertz CT molecular complexity index is 344. The molecule has 90 valence electrons. The maximum absolute atomic E-state index is 9.02. The zero-order valence-corrected chi connectivity index (χ0v) is 10.3. The quantitative estimate of drug-likeness (QED) is 0.793. The van der Waals surface area contributed by atoms with Crippen LogP contribution in [0.15, 0.2) is 12.1 Å². The topological polar surface area (TPSA) is 43.7 Å². The molecule has 1 aromatic rings. The van der Waals surface area contributed by atoms with E-state index >= 15 is 0 Å². The van der Waals surface area contributed by atoms with E-state index in [2.05, 4.69) is 32.9 Å². The fraction of sp³-hybridized carbons (Fsp3) is 0.538. The molecule has 0 saturated heterocycles. The van der Waals surface area contributed by atoms with E-state index in [9.17, 15) is 0 Å². The summed E-state index contributed by atoms with van der Waals surface area (Å²) in [6.45, 7) is 7.55. The van der Waals surface area contributed by atoms with Gasteiger partial charge in [0.1, 0.15) is 0 Å². The second kappa shape index (κ2) is 5.87. The van der Waals surface area contributed by atoms with Crippen LogP contribution in [0.25, 0.3) is 0 Å². The molecule has 16 heavy (non-hydrogen) atoms. The first-order chi connectivity index (χ1) is 7.60. The second-order valence-electron chi connectivity index (χ2n) is 4.16. The van der Waals surface area contributed by atoms with Gasteiger partial charge in [0.2, 0.25) is 0 Å². The van der Waals surface area contributed by atoms with E-state index in [0.717, 1.165) is 5.69 Å². The molecule has 0 aromatic heterocycles. The minimum Gasteiger partial charge on any atom is -0.395 e. The van der Waals surface area contributed by atoms with Gasteiger partial charge in [-0.15, -0.1) is 0 Å². The Morgan fingerprint density at radius 2 is 1.38 bits per heavy atom. The third kappa shape index (κ3) is 2.97. The summed E-state index contributed by atoms with van der Waals surface area (Å²) in [5, 5.41) is 18.0. The molecule has 3 heteroatoms. The van der Waals surface area contributed by atoms with Crippen molar-refractivity contribution in [3.05, 3.63) is 28.8 Å². The normalized spacial score (nSPS) is 10.6. The van der Waals surface area contributed by atoms with Gasteiger partial charge in [-0.05, 0) is 43.5 Å². The molecule has 0 unspecified atom stereocenters. The number of aliphatic hydroxyl groups excluding tert-OH is 2. The molecule has 1 aromatic carbocycles. The number of benzene rings is 1. The first-order valence-electron chi connectivity index (χ1n) is 5.64. The Morgan fingerprint density at radius 1 is 0.875 bits per heavy atom. The van der Waals surface area contributed by atoms with Crippen LogP contribution in [0.1, 0.15) is 16.7 Å². The maximum atomic E-state index is 9.02. The van der Waals surface area contributed by atoms with E-state index < -0.39 is 0 Å². The third-order valence-electron chi connectivity index (χ3n) is 2.89. The van der Waals surface area contributed by atoms with Crippen LogP contribution in [-0.4, -0.2) is 36.5 Å². The summed E-state index contributed by atoms with van der Waals surface area (Å²) in [5.41, 5.74) is 4.80. The van der Waals surface area contributed by atoms with Crippen LogP contribution in [0.2, 0.25) is 0 Å². The Labute approximate surface area is 97.3 Å². The predicted molar refractivity (Wildman–Crippen MR) is 67.0 cm³/mol. The van der Waals surface area contributed by atoms with Crippen molar-refractivity contribution >= 4 is 5.69 Å². The van der Waals surface area contributed by atoms with E-state index in [-0.39, 0.29) is 13.2 Å². The van der Waals surface area contributed by atoms with Gasteiger partial charge in [-0.1, -0.05) is 6.07 Å². The van der Waals surface area contributed by atoms with E-state index in [1.807, 2.05) is 4.90 Å². The molecule has 0 amide bonds. The Hall–Kier alpha value is -1.06. The fourth-order valence-corrected chi connectivity index (χ4v) is 1.88. The molecule has 0 aliphatic rings. The molecule has 0 fully saturated rings. The fourth-order valence-electron chi connectivity index (χ4n) is 1.88. The van der Waals surface area contributed by atoms with Gasteiger partial charge >= 0.3 is 0 Å². The van der Waals surface area contributed by atoms with Crippen LogP contribution in [0.4, 0.5) is 5.69 Å². The summed E-state index contributed by atoms with van der Waals surface area (Å²) >= 11 is 0. The lowest BCUT2D eigenvalue weighted by Crippen LogP contribution is -2.30. The average Bonchev–Trinajstić information content (AvgIpc) is 2.23. The van der Waals surface area contributed by atoms with Gasteiger partial charge in [-0.2, -0.15) is 0 Å². The van der Waals surface area contributed by atoms with Crippen molar-refractivity contribution in [1.29, 1.82) is 0 Å². The molecular formula is C13H21NO2. The molecule has 2 N–H and O–H groups in total. The summed E-state index contributed by atoms with van der Waals surface area (Å²) in [5.74, 6) is 0. The van der Waals surface area contributed by atoms with Crippen molar-refractivity contribution in [2.45, 2.75) is 20.8 Å². The minimum atomic E-state index is 0.104. The number of hydrogen-bond donors (Lipinski definition) is 2. The summed E-state index contributed by atoms with van der Waals surface area (Å²) in [6, 6.07) is 4.27. The summed E-state index contributed by atoms with van der Waals surface area (Å²) in [6.07, 6.45) is 0. The number of hydrogen-bond acceptors (Lipinski definition) is 3. The number of aryl methyl sites for hydroxylation is 3. The first kappa shape index (κ1) is 13.0. The highest BCUT2D eigenvalue weighted by atomic mass is 16.3. The van der Waals surface area contributed by atoms with Crippen molar-refractivity contribution in [2.75, 3.05) is 31.2 Å². The van der Waals surface area contributed by atoms with E-state index in [1.165, 1.54) is 16.7 Å². The van der Waals surface area contributed by atoms with Gasteiger partial charge in [0.25, 0.3) is 0 Å². The van der Waals surface area contributed by atoms with Crippen LogP contribution in [0.3, 0.4) is 0 Å². The van der Waals surface area contributed by atoms with E-state index in [0.29, 0.717) is 13.1 Å². The lowest BCUT2D eigenvalue weighted by molar-refractivity contribution is 0.281. The molecular weight excluding hydrogens is 202 g/mol. The van der Waals surface area contributed by atoms with Crippen molar-refractivity contribution in [2.24, 2.45) is 0 Å². The number of rotatable bonds is 5. The third-order valence-corrected chi connectivity index (χ3v) is 2.89. The van der Waals surface area contributed by atoms with Crippen LogP contribution in [0, 0.1) is 20.8 Å². The first-order valence-corrected chi connectivity index (χ1v) is 5.64. The molecule has 0 atom stereocenters. The molecule has 0 heterocycles. The Morgan fingerprint density at radius 3 is 1.88 bits per heavy atom. The molecule has 0 aliphatic heterocycles. The predicted octanol–water partition coefficient (Wildman–Crippen LogP) is 1.40. The zero-order chi connectivity index (χ0) is 12.1. The lowest BCUT2D eigenvalue weighted by Gasteiger charge is -2.25. The molecule has 1 rings (SSSR count). The summed E-state index contributed by atoms with van der Waals surface area (Å²) < 4.78 is 0. The van der Waals surface area contributed by atoms with Crippen LogP contribution in [-0.2, 0) is 0 Å². The van der Waals surface area contributed by atoms with Gasteiger partial charge in [-0.25, -0.2) is 0 Å². The molecule has 0 spiro atoms. The van der Waals surface area contributed by atoms with Crippen molar-refractivity contribution < 1.29 is 10.2 Å². The zero-order valence-electron chi connectivity index (χ0n) is 10.3. The van der Waals surface area contributed by atoms with Crippen LogP contribution >= 0.6 is 0 Å². The lowest BCUT2D eigenvalue weighted by atomic mass is 10.0. The maximum Gasteiger partial charge on any atom is 0.0606 e. The van der Waals surface area contributed by atoms with Crippen molar-refractivity contribution in [3.8, 4) is 0 Å².